The maximum absolute atomic E-state index is 12.1. The lowest BCUT2D eigenvalue weighted by atomic mass is 10.1. The van der Waals surface area contributed by atoms with Crippen LogP contribution < -0.4 is 5.32 Å². The van der Waals surface area contributed by atoms with Gasteiger partial charge in [0, 0.05) is 37.6 Å². The number of piperazine rings is 1. The van der Waals surface area contributed by atoms with E-state index in [1.165, 1.54) is 0 Å². The van der Waals surface area contributed by atoms with Gasteiger partial charge in [-0.15, -0.1) is 0 Å². The molecule has 0 unspecified atom stereocenters. The lowest BCUT2D eigenvalue weighted by Gasteiger charge is -2.27. The molecule has 1 N–H and O–H groups in total. The van der Waals surface area contributed by atoms with Gasteiger partial charge in [0.1, 0.15) is 0 Å². The molecular formula is C14H18N2O2S. The summed E-state index contributed by atoms with van der Waals surface area (Å²) in [5.41, 5.74) is 1.90. The number of nitrogens with zero attached hydrogens (tertiary/aromatic N) is 1. The Morgan fingerprint density at radius 3 is 2.74 bits per heavy atom. The monoisotopic (exact) mass is 278 g/mol. The second kappa shape index (κ2) is 4.74. The summed E-state index contributed by atoms with van der Waals surface area (Å²) in [6.45, 7) is 6.52. The largest absolute Gasteiger partial charge is 0.314 e. The zero-order valence-electron chi connectivity index (χ0n) is 11.0. The molecule has 0 saturated carbocycles. The van der Waals surface area contributed by atoms with E-state index in [9.17, 15) is 8.42 Å². The standard InChI is InChI=1S/C14H18N2O2S/c1-11-8-13-3-2-12(9-14(13)19(11,17)18)10-16-6-4-15-5-7-16/h2-3,8-9,15H,4-7,10H2,1H3. The lowest BCUT2D eigenvalue weighted by Crippen LogP contribution is -2.42. The number of hydrogen-bond acceptors (Lipinski definition) is 4. The van der Waals surface area contributed by atoms with Crippen molar-refractivity contribution < 1.29 is 8.42 Å². The summed E-state index contributed by atoms with van der Waals surface area (Å²) in [7, 11) is -3.22. The Kier molecular flexibility index (Phi) is 3.20. The Labute approximate surface area is 114 Å². The lowest BCUT2D eigenvalue weighted by molar-refractivity contribution is 0.233. The molecule has 102 valence electrons. The number of hydrogen-bond donors (Lipinski definition) is 1. The van der Waals surface area contributed by atoms with E-state index in [0.717, 1.165) is 43.9 Å². The summed E-state index contributed by atoms with van der Waals surface area (Å²) in [6, 6.07) is 5.78. The van der Waals surface area contributed by atoms with Gasteiger partial charge in [-0.05, 0) is 30.2 Å². The van der Waals surface area contributed by atoms with Gasteiger partial charge in [0.05, 0.1) is 4.90 Å². The second-order valence-corrected chi connectivity index (χ2v) is 7.25. The average molecular weight is 278 g/mol. The van der Waals surface area contributed by atoms with E-state index in [-0.39, 0.29) is 0 Å². The summed E-state index contributed by atoms with van der Waals surface area (Å²) in [5, 5.41) is 3.32. The normalized spacial score (nSPS) is 22.1. The van der Waals surface area contributed by atoms with Crippen molar-refractivity contribution in [3.05, 3.63) is 34.2 Å². The van der Waals surface area contributed by atoms with Crippen LogP contribution in [-0.2, 0) is 16.4 Å². The summed E-state index contributed by atoms with van der Waals surface area (Å²) < 4.78 is 24.3. The van der Waals surface area contributed by atoms with Gasteiger partial charge in [-0.3, -0.25) is 4.90 Å². The molecule has 2 aliphatic rings. The predicted molar refractivity (Wildman–Crippen MR) is 75.4 cm³/mol. The molecule has 0 bridgehead atoms. The van der Waals surface area contributed by atoms with Gasteiger partial charge >= 0.3 is 0 Å². The highest BCUT2D eigenvalue weighted by atomic mass is 32.2. The van der Waals surface area contributed by atoms with Crippen molar-refractivity contribution in [3.63, 3.8) is 0 Å². The first-order chi connectivity index (χ1) is 9.07. The first-order valence-electron chi connectivity index (χ1n) is 6.57. The fourth-order valence-corrected chi connectivity index (χ4v) is 4.00. The molecule has 0 aliphatic carbocycles. The summed E-state index contributed by atoms with van der Waals surface area (Å²) >= 11 is 0. The van der Waals surface area contributed by atoms with Crippen molar-refractivity contribution in [1.29, 1.82) is 0 Å². The van der Waals surface area contributed by atoms with E-state index in [1.807, 2.05) is 18.2 Å². The van der Waals surface area contributed by atoms with E-state index in [4.69, 9.17) is 0 Å². The van der Waals surface area contributed by atoms with Crippen molar-refractivity contribution in [3.8, 4) is 0 Å². The van der Waals surface area contributed by atoms with Crippen LogP contribution in [0.5, 0.6) is 0 Å². The van der Waals surface area contributed by atoms with Crippen LogP contribution in [-0.4, -0.2) is 39.5 Å². The molecule has 19 heavy (non-hydrogen) atoms. The van der Waals surface area contributed by atoms with Crippen LogP contribution in [0.2, 0.25) is 0 Å². The SMILES string of the molecule is CC1=Cc2ccc(CN3CCNCC3)cc2S1(=O)=O. The molecule has 4 nitrogen and oxygen atoms in total. The number of nitrogens with one attached hydrogen (secondary N) is 1. The predicted octanol–water partition coefficient (Wildman–Crippen LogP) is 1.24. The number of sulfone groups is 1. The molecule has 1 aromatic rings. The molecule has 0 radical (unpaired) electrons. The topological polar surface area (TPSA) is 49.4 Å². The number of allylic oxidation sites excluding steroid dienone is 1. The van der Waals surface area contributed by atoms with Gasteiger partial charge in [0.25, 0.3) is 0 Å². The van der Waals surface area contributed by atoms with E-state index < -0.39 is 9.84 Å². The molecule has 2 heterocycles. The Bertz CT molecular complexity index is 629. The molecule has 1 aromatic carbocycles. The first-order valence-corrected chi connectivity index (χ1v) is 8.05. The fraction of sp³-hybridized carbons (Fsp3) is 0.429. The molecule has 0 aromatic heterocycles. The van der Waals surface area contributed by atoms with Crippen LogP contribution >= 0.6 is 0 Å². The third-order valence-electron chi connectivity index (χ3n) is 3.77. The van der Waals surface area contributed by atoms with Crippen molar-refractivity contribution >= 4 is 15.9 Å². The Hall–Kier alpha value is -1.17. The highest BCUT2D eigenvalue weighted by molar-refractivity contribution is 7.95. The minimum atomic E-state index is -3.22. The smallest absolute Gasteiger partial charge is 0.203 e. The maximum Gasteiger partial charge on any atom is 0.203 e. The summed E-state index contributed by atoms with van der Waals surface area (Å²) in [6.07, 6.45) is 1.75. The molecule has 1 saturated heterocycles. The molecule has 0 atom stereocenters. The van der Waals surface area contributed by atoms with Gasteiger partial charge in [0.15, 0.2) is 0 Å². The molecular weight excluding hydrogens is 260 g/mol. The average Bonchev–Trinajstić information content (AvgIpc) is 2.62. The summed E-state index contributed by atoms with van der Waals surface area (Å²) in [5.74, 6) is 0. The third-order valence-corrected chi connectivity index (χ3v) is 5.66. The third kappa shape index (κ3) is 2.33. The molecule has 1 fully saturated rings. The Balaban J connectivity index is 1.86. The number of fused-ring (bicyclic) bond motifs is 1. The highest BCUT2D eigenvalue weighted by Crippen LogP contribution is 2.33. The van der Waals surface area contributed by atoms with E-state index in [0.29, 0.717) is 9.80 Å². The zero-order chi connectivity index (χ0) is 13.5. The van der Waals surface area contributed by atoms with Gasteiger partial charge in [-0.1, -0.05) is 12.1 Å². The van der Waals surface area contributed by atoms with Crippen LogP contribution in [0.25, 0.3) is 6.08 Å². The van der Waals surface area contributed by atoms with Gasteiger partial charge < -0.3 is 5.32 Å². The van der Waals surface area contributed by atoms with Crippen molar-refractivity contribution in [1.82, 2.24) is 10.2 Å². The van der Waals surface area contributed by atoms with Gasteiger partial charge in [0.2, 0.25) is 9.84 Å². The van der Waals surface area contributed by atoms with Crippen LogP contribution in [0.3, 0.4) is 0 Å². The molecule has 5 heteroatoms. The van der Waals surface area contributed by atoms with Gasteiger partial charge in [-0.2, -0.15) is 0 Å². The molecule has 0 spiro atoms. The van der Waals surface area contributed by atoms with Crippen LogP contribution in [0, 0.1) is 0 Å². The van der Waals surface area contributed by atoms with Crippen LogP contribution in [0.15, 0.2) is 28.0 Å². The second-order valence-electron chi connectivity index (χ2n) is 5.16. The summed E-state index contributed by atoms with van der Waals surface area (Å²) in [4.78, 5) is 3.26. The maximum atomic E-state index is 12.1. The minimum absolute atomic E-state index is 0.446. The Morgan fingerprint density at radius 2 is 2.00 bits per heavy atom. The van der Waals surface area contributed by atoms with E-state index in [2.05, 4.69) is 10.2 Å². The number of benzene rings is 1. The molecule has 2 aliphatic heterocycles. The van der Waals surface area contributed by atoms with E-state index in [1.54, 1.807) is 13.0 Å². The quantitative estimate of drug-likeness (QED) is 0.884. The van der Waals surface area contributed by atoms with Crippen molar-refractivity contribution in [2.75, 3.05) is 26.2 Å². The van der Waals surface area contributed by atoms with Crippen LogP contribution in [0.4, 0.5) is 0 Å². The zero-order valence-corrected chi connectivity index (χ0v) is 11.8. The van der Waals surface area contributed by atoms with E-state index >= 15 is 0 Å². The van der Waals surface area contributed by atoms with Crippen LogP contribution in [0.1, 0.15) is 18.1 Å². The molecule has 0 amide bonds. The van der Waals surface area contributed by atoms with Crippen molar-refractivity contribution in [2.24, 2.45) is 0 Å². The molecule has 3 rings (SSSR count). The minimum Gasteiger partial charge on any atom is -0.314 e. The first kappa shape index (κ1) is 12.8. The van der Waals surface area contributed by atoms with Gasteiger partial charge in [-0.25, -0.2) is 8.42 Å². The van der Waals surface area contributed by atoms with Crippen molar-refractivity contribution in [2.45, 2.75) is 18.4 Å². The highest BCUT2D eigenvalue weighted by Gasteiger charge is 2.26. The Morgan fingerprint density at radius 1 is 1.26 bits per heavy atom. The number of rotatable bonds is 2. The fourth-order valence-electron chi connectivity index (χ4n) is 2.63.